The van der Waals surface area contributed by atoms with E-state index in [2.05, 4.69) is 53.0 Å². The first kappa shape index (κ1) is 21.0. The molecule has 27 heavy (non-hydrogen) atoms. The Morgan fingerprint density at radius 2 is 2.00 bits per heavy atom. The minimum Gasteiger partial charge on any atom is -0.469 e. The van der Waals surface area contributed by atoms with Crippen molar-refractivity contribution in [2.45, 2.75) is 40.2 Å². The van der Waals surface area contributed by atoms with Crippen LogP contribution in [0, 0.1) is 5.92 Å². The second kappa shape index (κ2) is 10.7. The van der Waals surface area contributed by atoms with Crippen molar-refractivity contribution in [1.29, 1.82) is 0 Å². The molecule has 0 amide bonds. The number of hydrogen-bond donors (Lipinski definition) is 1. The number of likely N-dealkylation sites (tertiary alicyclic amines) is 1. The van der Waals surface area contributed by atoms with Gasteiger partial charge in [-0.15, -0.1) is 0 Å². The Bertz CT molecular complexity index is 605. The Hall–Kier alpha value is -2.31. The van der Waals surface area contributed by atoms with Gasteiger partial charge in [0.25, 0.3) is 0 Å². The molecule has 1 aliphatic heterocycles. The molecule has 2 rings (SSSR count). The zero-order valence-corrected chi connectivity index (χ0v) is 17.1. The standard InChI is InChI=1S/C20H33N5O2/c1-5-21-20(25-12-10-17(11-13-25)19(26)27-4)23-15-16-8-9-18(22-14-16)24(6-2)7-3/h8-9,14,17H,5-7,10-13,15H2,1-4H3,(H,21,23). The Balaban J connectivity index is 1.98. The molecular formula is C20H33N5O2. The average Bonchev–Trinajstić information content (AvgIpc) is 2.72. The lowest BCUT2D eigenvalue weighted by atomic mass is 9.97. The number of nitrogens with one attached hydrogen (secondary N) is 1. The summed E-state index contributed by atoms with van der Waals surface area (Å²) in [5, 5.41) is 3.36. The molecule has 7 heteroatoms. The summed E-state index contributed by atoms with van der Waals surface area (Å²) in [6, 6.07) is 4.16. The van der Waals surface area contributed by atoms with E-state index < -0.39 is 0 Å². The van der Waals surface area contributed by atoms with E-state index in [4.69, 9.17) is 9.73 Å². The van der Waals surface area contributed by atoms with Gasteiger partial charge in [-0.2, -0.15) is 0 Å². The van der Waals surface area contributed by atoms with Gasteiger partial charge in [-0.25, -0.2) is 9.98 Å². The van der Waals surface area contributed by atoms with Crippen molar-refractivity contribution in [3.05, 3.63) is 23.9 Å². The molecule has 0 bridgehead atoms. The molecule has 2 heterocycles. The molecular weight excluding hydrogens is 342 g/mol. The van der Waals surface area contributed by atoms with Gasteiger partial charge in [0.05, 0.1) is 19.6 Å². The summed E-state index contributed by atoms with van der Waals surface area (Å²) < 4.78 is 4.87. The third kappa shape index (κ3) is 5.84. The summed E-state index contributed by atoms with van der Waals surface area (Å²) in [6.07, 6.45) is 3.51. The third-order valence-corrected chi connectivity index (χ3v) is 4.97. The molecule has 1 aromatic heterocycles. The average molecular weight is 376 g/mol. The molecule has 0 unspecified atom stereocenters. The molecule has 7 nitrogen and oxygen atoms in total. The minimum absolute atomic E-state index is 0.00551. The number of carbonyl (C=O) groups excluding carboxylic acids is 1. The Labute approximate surface area is 162 Å². The highest BCUT2D eigenvalue weighted by Gasteiger charge is 2.26. The number of esters is 1. The highest BCUT2D eigenvalue weighted by Crippen LogP contribution is 2.19. The van der Waals surface area contributed by atoms with Crippen molar-refractivity contribution in [2.24, 2.45) is 10.9 Å². The highest BCUT2D eigenvalue weighted by atomic mass is 16.5. The van der Waals surface area contributed by atoms with Gasteiger partial charge in [-0.3, -0.25) is 4.79 Å². The van der Waals surface area contributed by atoms with E-state index in [-0.39, 0.29) is 11.9 Å². The van der Waals surface area contributed by atoms with E-state index in [1.165, 1.54) is 7.11 Å². The number of ether oxygens (including phenoxy) is 1. The number of rotatable bonds is 7. The lowest BCUT2D eigenvalue weighted by molar-refractivity contribution is -0.146. The zero-order valence-electron chi connectivity index (χ0n) is 17.1. The van der Waals surface area contributed by atoms with E-state index in [1.54, 1.807) is 0 Å². The predicted molar refractivity (Wildman–Crippen MR) is 109 cm³/mol. The molecule has 0 saturated carbocycles. The highest BCUT2D eigenvalue weighted by molar-refractivity contribution is 5.80. The molecule has 1 N–H and O–H groups in total. The van der Waals surface area contributed by atoms with E-state index in [0.717, 1.165) is 62.9 Å². The minimum atomic E-state index is -0.101. The molecule has 1 aliphatic rings. The number of aliphatic imine (C=N–C) groups is 1. The second-order valence-electron chi connectivity index (χ2n) is 6.65. The first-order valence-electron chi connectivity index (χ1n) is 9.93. The fourth-order valence-electron chi connectivity index (χ4n) is 3.33. The van der Waals surface area contributed by atoms with Crippen molar-refractivity contribution in [3.63, 3.8) is 0 Å². The van der Waals surface area contributed by atoms with Crippen molar-refractivity contribution < 1.29 is 9.53 Å². The maximum atomic E-state index is 11.7. The number of nitrogens with zero attached hydrogens (tertiary/aromatic N) is 4. The van der Waals surface area contributed by atoms with Crippen LogP contribution in [0.25, 0.3) is 0 Å². The number of pyridine rings is 1. The van der Waals surface area contributed by atoms with Gasteiger partial charge in [0.2, 0.25) is 0 Å². The summed E-state index contributed by atoms with van der Waals surface area (Å²) in [5.74, 6) is 1.81. The maximum Gasteiger partial charge on any atom is 0.308 e. The first-order chi connectivity index (χ1) is 13.1. The third-order valence-electron chi connectivity index (χ3n) is 4.97. The van der Waals surface area contributed by atoms with Gasteiger partial charge in [0.1, 0.15) is 5.82 Å². The van der Waals surface area contributed by atoms with Crippen LogP contribution in [0.3, 0.4) is 0 Å². The van der Waals surface area contributed by atoms with Crippen LogP contribution in [-0.4, -0.2) is 61.6 Å². The summed E-state index contributed by atoms with van der Waals surface area (Å²) >= 11 is 0. The van der Waals surface area contributed by atoms with Gasteiger partial charge in [-0.05, 0) is 45.2 Å². The lowest BCUT2D eigenvalue weighted by Crippen LogP contribution is -2.46. The molecule has 150 valence electrons. The maximum absolute atomic E-state index is 11.7. The SMILES string of the molecule is CCNC(=NCc1ccc(N(CC)CC)nc1)N1CCC(C(=O)OC)CC1. The fraction of sp³-hybridized carbons (Fsp3) is 0.650. The largest absolute Gasteiger partial charge is 0.469 e. The quantitative estimate of drug-likeness (QED) is 0.448. The second-order valence-corrected chi connectivity index (χ2v) is 6.65. The number of aromatic nitrogens is 1. The van der Waals surface area contributed by atoms with Gasteiger partial charge in [-0.1, -0.05) is 6.07 Å². The smallest absolute Gasteiger partial charge is 0.308 e. The number of piperidine rings is 1. The molecule has 0 radical (unpaired) electrons. The molecule has 0 atom stereocenters. The topological polar surface area (TPSA) is 70.1 Å². The van der Waals surface area contributed by atoms with E-state index in [9.17, 15) is 4.79 Å². The summed E-state index contributed by atoms with van der Waals surface area (Å²) in [5.41, 5.74) is 1.09. The van der Waals surface area contributed by atoms with E-state index in [0.29, 0.717) is 6.54 Å². The number of anilines is 1. The number of carbonyl (C=O) groups is 1. The monoisotopic (exact) mass is 375 g/mol. The van der Waals surface area contributed by atoms with Crippen LogP contribution >= 0.6 is 0 Å². The van der Waals surface area contributed by atoms with Crippen molar-refractivity contribution in [1.82, 2.24) is 15.2 Å². The normalized spacial score (nSPS) is 15.6. The summed E-state index contributed by atoms with van der Waals surface area (Å²) in [6.45, 7) is 11.3. The number of hydrogen-bond acceptors (Lipinski definition) is 5. The molecule has 0 spiro atoms. The number of methoxy groups -OCH3 is 1. The van der Waals surface area contributed by atoms with Gasteiger partial charge >= 0.3 is 5.97 Å². The predicted octanol–water partition coefficient (Wildman–Crippen LogP) is 2.28. The van der Waals surface area contributed by atoms with Gasteiger partial charge in [0.15, 0.2) is 5.96 Å². The lowest BCUT2D eigenvalue weighted by Gasteiger charge is -2.33. The van der Waals surface area contributed by atoms with Crippen LogP contribution in [0.4, 0.5) is 5.82 Å². The van der Waals surface area contributed by atoms with Crippen LogP contribution in [0.5, 0.6) is 0 Å². The Morgan fingerprint density at radius 3 is 2.52 bits per heavy atom. The van der Waals surface area contributed by atoms with E-state index >= 15 is 0 Å². The first-order valence-corrected chi connectivity index (χ1v) is 9.93. The van der Waals surface area contributed by atoms with Crippen LogP contribution in [0.2, 0.25) is 0 Å². The van der Waals surface area contributed by atoms with Crippen LogP contribution in [0.1, 0.15) is 39.2 Å². The molecule has 0 aliphatic carbocycles. The van der Waals surface area contributed by atoms with Crippen molar-refractivity contribution in [2.75, 3.05) is 44.7 Å². The zero-order chi connectivity index (χ0) is 19.6. The molecule has 1 saturated heterocycles. The Kier molecular flexibility index (Phi) is 8.36. The Morgan fingerprint density at radius 1 is 1.30 bits per heavy atom. The number of guanidine groups is 1. The molecule has 1 aromatic rings. The van der Waals surface area contributed by atoms with Crippen LogP contribution < -0.4 is 10.2 Å². The summed E-state index contributed by atoms with van der Waals surface area (Å²) in [4.78, 5) is 25.5. The van der Waals surface area contributed by atoms with Crippen molar-refractivity contribution in [3.8, 4) is 0 Å². The van der Waals surface area contributed by atoms with Gasteiger partial charge < -0.3 is 19.9 Å². The molecule has 1 fully saturated rings. The van der Waals surface area contributed by atoms with E-state index in [1.807, 2.05) is 6.20 Å². The van der Waals surface area contributed by atoms with Crippen LogP contribution in [-0.2, 0) is 16.1 Å². The molecule has 0 aromatic carbocycles. The van der Waals surface area contributed by atoms with Crippen LogP contribution in [0.15, 0.2) is 23.3 Å². The summed E-state index contributed by atoms with van der Waals surface area (Å²) in [7, 11) is 1.46. The fourth-order valence-corrected chi connectivity index (χ4v) is 3.33. The van der Waals surface area contributed by atoms with Crippen molar-refractivity contribution >= 4 is 17.7 Å². The van der Waals surface area contributed by atoms with Gasteiger partial charge in [0, 0.05) is 38.9 Å².